The molecule has 3 aromatic heterocycles. The predicted molar refractivity (Wildman–Crippen MR) is 198 cm³/mol. The standard InChI is InChI=1S/C41H40N2O7/c1-6-17-48-34-20-27(13-14-31(34)45-3)37-38-29-22-33(47-5)36(50-24-25-11-9-8-10-12-25)23-30(29)42-41(44)40(38)43-16-15-26-19-35(49-18-7-2)32(46-4)21-28(26)39(37)43/h8-16,19-23H,6-7,17-18,24H2,1-5H3,(H,42,44). The molecule has 0 bridgehead atoms. The van der Waals surface area contributed by atoms with Gasteiger partial charge < -0.3 is 37.8 Å². The molecule has 0 fully saturated rings. The Labute approximate surface area is 289 Å². The number of aromatic amines is 1. The van der Waals surface area contributed by atoms with Crippen molar-refractivity contribution < 1.29 is 28.4 Å². The first-order chi connectivity index (χ1) is 24.5. The van der Waals surface area contributed by atoms with E-state index in [0.29, 0.717) is 65.4 Å². The molecular formula is C41H40N2O7. The number of aromatic nitrogens is 2. The molecule has 0 spiro atoms. The second-order valence-corrected chi connectivity index (χ2v) is 12.1. The predicted octanol–water partition coefficient (Wildman–Crippen LogP) is 8.94. The van der Waals surface area contributed by atoms with Gasteiger partial charge in [-0.15, -0.1) is 0 Å². The second kappa shape index (κ2) is 14.0. The average molecular weight is 673 g/mol. The smallest absolute Gasteiger partial charge is 0.273 e. The molecule has 0 aliphatic carbocycles. The Morgan fingerprint density at radius 2 is 1.30 bits per heavy atom. The van der Waals surface area contributed by atoms with Crippen LogP contribution in [0.3, 0.4) is 0 Å². The van der Waals surface area contributed by atoms with Crippen molar-refractivity contribution >= 4 is 38.1 Å². The van der Waals surface area contributed by atoms with Gasteiger partial charge in [0.25, 0.3) is 5.56 Å². The first-order valence-electron chi connectivity index (χ1n) is 16.8. The molecule has 50 heavy (non-hydrogen) atoms. The number of methoxy groups -OCH3 is 3. The minimum atomic E-state index is -0.238. The van der Waals surface area contributed by atoms with E-state index >= 15 is 0 Å². The van der Waals surface area contributed by atoms with Crippen molar-refractivity contribution in [2.75, 3.05) is 34.5 Å². The van der Waals surface area contributed by atoms with E-state index in [9.17, 15) is 4.79 Å². The van der Waals surface area contributed by atoms with Crippen LogP contribution in [0.4, 0.5) is 0 Å². The van der Waals surface area contributed by atoms with Gasteiger partial charge in [-0.1, -0.05) is 50.2 Å². The van der Waals surface area contributed by atoms with E-state index in [1.165, 1.54) is 0 Å². The van der Waals surface area contributed by atoms with Crippen LogP contribution in [0.2, 0.25) is 0 Å². The highest BCUT2D eigenvalue weighted by atomic mass is 16.5. The molecule has 0 radical (unpaired) electrons. The first kappa shape index (κ1) is 32.7. The zero-order chi connectivity index (χ0) is 34.8. The van der Waals surface area contributed by atoms with E-state index in [-0.39, 0.29) is 5.56 Å². The molecule has 0 aliphatic rings. The minimum Gasteiger partial charge on any atom is -0.493 e. The van der Waals surface area contributed by atoms with E-state index < -0.39 is 0 Å². The van der Waals surface area contributed by atoms with Crippen LogP contribution in [0.5, 0.6) is 34.5 Å². The van der Waals surface area contributed by atoms with Crippen LogP contribution in [0.25, 0.3) is 49.2 Å². The molecular weight excluding hydrogens is 632 g/mol. The fraction of sp³-hybridized carbons (Fsp3) is 0.244. The molecule has 256 valence electrons. The number of nitrogens with zero attached hydrogens (tertiary/aromatic N) is 1. The zero-order valence-electron chi connectivity index (χ0n) is 28.9. The molecule has 0 unspecified atom stereocenters. The highest BCUT2D eigenvalue weighted by Crippen LogP contribution is 2.46. The van der Waals surface area contributed by atoms with Gasteiger partial charge in [-0.05, 0) is 65.8 Å². The van der Waals surface area contributed by atoms with Crippen molar-refractivity contribution in [3.05, 3.63) is 101 Å². The lowest BCUT2D eigenvalue weighted by atomic mass is 9.97. The molecule has 7 rings (SSSR count). The number of hydrogen-bond donors (Lipinski definition) is 1. The third-order valence-corrected chi connectivity index (χ3v) is 8.85. The Hall–Kier alpha value is -5.83. The highest BCUT2D eigenvalue weighted by Gasteiger charge is 2.24. The molecule has 9 nitrogen and oxygen atoms in total. The van der Waals surface area contributed by atoms with Crippen molar-refractivity contribution in [2.24, 2.45) is 0 Å². The maximum Gasteiger partial charge on any atom is 0.273 e. The number of rotatable bonds is 13. The molecule has 0 saturated heterocycles. The number of hydrogen-bond acceptors (Lipinski definition) is 7. The first-order valence-corrected chi connectivity index (χ1v) is 16.8. The van der Waals surface area contributed by atoms with Crippen molar-refractivity contribution in [1.29, 1.82) is 0 Å². The van der Waals surface area contributed by atoms with Crippen molar-refractivity contribution in [3.63, 3.8) is 0 Å². The number of nitrogens with one attached hydrogen (secondary N) is 1. The summed E-state index contributed by atoms with van der Waals surface area (Å²) in [4.78, 5) is 17.3. The quantitative estimate of drug-likeness (QED) is 0.131. The lowest BCUT2D eigenvalue weighted by Gasteiger charge is -2.15. The van der Waals surface area contributed by atoms with E-state index in [2.05, 4.69) is 18.8 Å². The molecule has 0 saturated carbocycles. The maximum atomic E-state index is 14.2. The fourth-order valence-electron chi connectivity index (χ4n) is 6.54. The average Bonchev–Trinajstić information content (AvgIpc) is 3.51. The Morgan fingerprint density at radius 3 is 1.98 bits per heavy atom. The molecule has 1 N–H and O–H groups in total. The lowest BCUT2D eigenvalue weighted by Crippen LogP contribution is -2.09. The van der Waals surface area contributed by atoms with E-state index in [4.69, 9.17) is 28.4 Å². The van der Waals surface area contributed by atoms with Gasteiger partial charge in [0.1, 0.15) is 12.1 Å². The summed E-state index contributed by atoms with van der Waals surface area (Å²) in [6.45, 7) is 5.58. The van der Waals surface area contributed by atoms with E-state index in [1.807, 2.05) is 89.5 Å². The lowest BCUT2D eigenvalue weighted by molar-refractivity contribution is 0.285. The van der Waals surface area contributed by atoms with Crippen molar-refractivity contribution in [3.8, 4) is 45.6 Å². The number of fused-ring (bicyclic) bond motifs is 7. The summed E-state index contributed by atoms with van der Waals surface area (Å²) in [5.41, 5.74) is 4.46. The Kier molecular flexibility index (Phi) is 9.13. The summed E-state index contributed by atoms with van der Waals surface area (Å²) >= 11 is 0. The summed E-state index contributed by atoms with van der Waals surface area (Å²) in [6, 6.07) is 25.6. The molecule has 9 heteroatoms. The maximum absolute atomic E-state index is 14.2. The Balaban J connectivity index is 1.57. The van der Waals surface area contributed by atoms with Crippen LogP contribution in [-0.4, -0.2) is 43.9 Å². The highest BCUT2D eigenvalue weighted by molar-refractivity contribution is 6.22. The third-order valence-electron chi connectivity index (χ3n) is 8.85. The molecule has 7 aromatic rings. The van der Waals surface area contributed by atoms with E-state index in [1.54, 1.807) is 21.3 Å². The van der Waals surface area contributed by atoms with Gasteiger partial charge in [0.2, 0.25) is 0 Å². The topological polar surface area (TPSA) is 92.7 Å². The third kappa shape index (κ3) is 5.78. The minimum absolute atomic E-state index is 0.238. The van der Waals surface area contributed by atoms with Gasteiger partial charge >= 0.3 is 0 Å². The van der Waals surface area contributed by atoms with Gasteiger partial charge in [0.15, 0.2) is 34.5 Å². The number of benzene rings is 4. The van der Waals surface area contributed by atoms with Crippen molar-refractivity contribution in [1.82, 2.24) is 9.38 Å². The van der Waals surface area contributed by atoms with Gasteiger partial charge in [0.05, 0.1) is 45.6 Å². The van der Waals surface area contributed by atoms with Crippen LogP contribution in [0, 0.1) is 0 Å². The summed E-state index contributed by atoms with van der Waals surface area (Å²) in [7, 11) is 4.89. The second-order valence-electron chi connectivity index (χ2n) is 12.1. The summed E-state index contributed by atoms with van der Waals surface area (Å²) in [5.74, 6) is 3.60. The molecule has 0 amide bonds. The Morgan fingerprint density at radius 1 is 0.640 bits per heavy atom. The number of H-pyrrole nitrogens is 1. The number of ether oxygens (including phenoxy) is 6. The normalized spacial score (nSPS) is 11.4. The van der Waals surface area contributed by atoms with Crippen LogP contribution < -0.4 is 34.0 Å². The van der Waals surface area contributed by atoms with Crippen LogP contribution in [0.15, 0.2) is 89.9 Å². The number of pyridine rings is 2. The zero-order valence-corrected chi connectivity index (χ0v) is 28.9. The molecule has 0 atom stereocenters. The van der Waals surface area contributed by atoms with Crippen LogP contribution in [0.1, 0.15) is 32.3 Å². The van der Waals surface area contributed by atoms with E-state index in [0.717, 1.165) is 56.6 Å². The molecule has 0 aliphatic heterocycles. The van der Waals surface area contributed by atoms with Crippen LogP contribution in [-0.2, 0) is 6.61 Å². The van der Waals surface area contributed by atoms with Crippen LogP contribution >= 0.6 is 0 Å². The SMILES string of the molecule is CCCOc1cc(-c2c3c4cc(OC)c(OCc5ccccc5)cc4[nH]c(=O)c3n3ccc4cc(OCCC)c(OC)cc4c23)ccc1OC. The van der Waals surface area contributed by atoms with Crippen molar-refractivity contribution in [2.45, 2.75) is 33.3 Å². The summed E-state index contributed by atoms with van der Waals surface area (Å²) < 4.78 is 37.8. The van der Waals surface area contributed by atoms with Gasteiger partial charge in [-0.3, -0.25) is 4.79 Å². The largest absolute Gasteiger partial charge is 0.493 e. The molecule has 3 heterocycles. The Bertz CT molecular complexity index is 2400. The summed E-state index contributed by atoms with van der Waals surface area (Å²) in [5, 5.41) is 3.41. The van der Waals surface area contributed by atoms with Gasteiger partial charge in [-0.2, -0.15) is 0 Å². The fourth-order valence-corrected chi connectivity index (χ4v) is 6.54. The molecule has 4 aromatic carbocycles. The van der Waals surface area contributed by atoms with Gasteiger partial charge in [0, 0.05) is 34.0 Å². The monoisotopic (exact) mass is 672 g/mol. The van der Waals surface area contributed by atoms with Gasteiger partial charge in [-0.25, -0.2) is 0 Å². The summed E-state index contributed by atoms with van der Waals surface area (Å²) in [6.07, 6.45) is 3.65.